The molecule has 1 aliphatic carbocycles. The molecule has 13 nitrogen and oxygen atoms in total. The second-order valence-corrected chi connectivity index (χ2v) is 14.0. The smallest absolute Gasteiger partial charge is 0.342 e. The van der Waals surface area contributed by atoms with Crippen LogP contribution in [0.5, 0.6) is 11.5 Å². The number of esters is 1. The van der Waals surface area contributed by atoms with Crippen molar-refractivity contribution in [3.05, 3.63) is 78.2 Å². The van der Waals surface area contributed by atoms with Crippen LogP contribution in [-0.4, -0.2) is 74.1 Å². The topological polar surface area (TPSA) is 166 Å². The van der Waals surface area contributed by atoms with Crippen molar-refractivity contribution in [1.82, 2.24) is 19.6 Å². The van der Waals surface area contributed by atoms with Gasteiger partial charge in [0.15, 0.2) is 6.23 Å². The second kappa shape index (κ2) is 14.7. The Morgan fingerprint density at radius 1 is 1.04 bits per heavy atom. The van der Waals surface area contributed by atoms with Gasteiger partial charge in [0.1, 0.15) is 53.7 Å². The summed E-state index contributed by atoms with van der Waals surface area (Å²) in [6, 6.07) is 18.0. The highest BCUT2D eigenvalue weighted by molar-refractivity contribution is 7.57. The van der Waals surface area contributed by atoms with E-state index in [2.05, 4.69) is 20.4 Å². The van der Waals surface area contributed by atoms with Gasteiger partial charge in [-0.1, -0.05) is 49.2 Å². The van der Waals surface area contributed by atoms with E-state index in [9.17, 15) is 19.6 Å². The first kappa shape index (κ1) is 33.4. The fraction of sp³-hybridized carbons (Fsp3) is 0.406. The predicted molar refractivity (Wildman–Crippen MR) is 175 cm³/mol. The lowest BCUT2D eigenvalue weighted by Gasteiger charge is -2.24. The molecule has 0 spiro atoms. The highest BCUT2D eigenvalue weighted by atomic mass is 35.5. The molecule has 4 aromatic rings. The minimum atomic E-state index is -3.88. The molecule has 47 heavy (non-hydrogen) atoms. The van der Waals surface area contributed by atoms with Crippen LogP contribution in [0.2, 0.25) is 5.28 Å². The van der Waals surface area contributed by atoms with Crippen molar-refractivity contribution < 1.29 is 38.3 Å². The van der Waals surface area contributed by atoms with Crippen LogP contribution < -0.4 is 19.7 Å². The maximum Gasteiger partial charge on any atom is 0.342 e. The monoisotopic (exact) mass is 685 g/mol. The lowest BCUT2D eigenvalue weighted by atomic mass is 10.1. The third-order valence-corrected chi connectivity index (χ3v) is 10.1. The van der Waals surface area contributed by atoms with Crippen LogP contribution in [0.1, 0.15) is 38.8 Å². The minimum absolute atomic E-state index is 0.0365. The van der Waals surface area contributed by atoms with Crippen LogP contribution >= 0.6 is 19.1 Å². The number of ether oxygens (including phenoxy) is 3. The molecule has 6 rings (SSSR count). The molecule has 3 heterocycles. The van der Waals surface area contributed by atoms with Gasteiger partial charge in [-0.2, -0.15) is 4.98 Å². The molecule has 0 bridgehead atoms. The molecule has 2 fully saturated rings. The Morgan fingerprint density at radius 3 is 2.43 bits per heavy atom. The number of para-hydroxylation sites is 2. The van der Waals surface area contributed by atoms with Gasteiger partial charge in [-0.15, -0.1) is 0 Å². The zero-order valence-corrected chi connectivity index (χ0v) is 27.3. The van der Waals surface area contributed by atoms with E-state index in [1.54, 1.807) is 71.4 Å². The van der Waals surface area contributed by atoms with E-state index < -0.39 is 50.4 Å². The van der Waals surface area contributed by atoms with Crippen molar-refractivity contribution in [1.29, 1.82) is 0 Å². The van der Waals surface area contributed by atoms with Crippen molar-refractivity contribution >= 4 is 41.9 Å². The van der Waals surface area contributed by atoms with Gasteiger partial charge in [-0.25, -0.2) is 14.9 Å². The molecule has 0 radical (unpaired) electrons. The van der Waals surface area contributed by atoms with Crippen molar-refractivity contribution in [3.63, 3.8) is 0 Å². The third kappa shape index (κ3) is 7.95. The number of hydrogen-bond donors (Lipinski definition) is 4. The van der Waals surface area contributed by atoms with E-state index in [0.717, 1.165) is 25.7 Å². The number of fused-ring (bicyclic) bond motifs is 1. The maximum atomic E-state index is 14.0. The van der Waals surface area contributed by atoms with Crippen molar-refractivity contribution in [2.45, 2.75) is 69.2 Å². The summed E-state index contributed by atoms with van der Waals surface area (Å²) in [5.74, 6) is 0.567. The number of benzene rings is 2. The maximum absolute atomic E-state index is 14.0. The van der Waals surface area contributed by atoms with Gasteiger partial charge in [0.05, 0.1) is 12.0 Å². The zero-order chi connectivity index (χ0) is 33.0. The summed E-state index contributed by atoms with van der Waals surface area (Å²) >= 11 is 6.28. The highest BCUT2D eigenvalue weighted by Gasteiger charge is 2.45. The number of aromatic nitrogens is 3. The van der Waals surface area contributed by atoms with Gasteiger partial charge < -0.3 is 38.8 Å². The number of hydrogen-bond acceptors (Lipinski definition) is 11. The summed E-state index contributed by atoms with van der Waals surface area (Å²) in [5.41, 5.74) is 0.435. The van der Waals surface area contributed by atoms with Crippen LogP contribution in [0.3, 0.4) is 0 Å². The van der Waals surface area contributed by atoms with Gasteiger partial charge in [0, 0.05) is 12.2 Å². The average molecular weight is 686 g/mol. The molecular weight excluding hydrogens is 649 g/mol. The van der Waals surface area contributed by atoms with Crippen molar-refractivity contribution in [2.75, 3.05) is 18.3 Å². The average Bonchev–Trinajstić information content (AvgIpc) is 3.79. The third-order valence-electron chi connectivity index (χ3n) is 8.10. The Balaban J connectivity index is 1.12. The number of nitrogens with one attached hydrogen (secondary N) is 2. The Bertz CT molecular complexity index is 1710. The number of rotatable bonds is 13. The summed E-state index contributed by atoms with van der Waals surface area (Å²) in [7, 11) is -3.88. The zero-order valence-electron chi connectivity index (χ0n) is 25.6. The van der Waals surface area contributed by atoms with Gasteiger partial charge >= 0.3 is 13.5 Å². The van der Waals surface area contributed by atoms with Crippen molar-refractivity contribution in [3.8, 4) is 11.5 Å². The normalized spacial score (nSPS) is 23.4. The van der Waals surface area contributed by atoms with E-state index in [-0.39, 0.29) is 17.9 Å². The van der Waals surface area contributed by atoms with Crippen LogP contribution in [0.25, 0.3) is 11.0 Å². The van der Waals surface area contributed by atoms with Gasteiger partial charge in [-0.3, -0.25) is 4.57 Å². The Labute approximate surface area is 276 Å². The van der Waals surface area contributed by atoms with E-state index >= 15 is 0 Å². The molecule has 2 aliphatic rings. The lowest BCUT2D eigenvalue weighted by Crippen LogP contribution is -2.37. The first-order valence-corrected chi connectivity index (χ1v) is 17.7. The first-order valence-electron chi connectivity index (χ1n) is 15.5. The lowest BCUT2D eigenvalue weighted by molar-refractivity contribution is -0.135. The number of nitrogens with zero attached hydrogens (tertiary/aromatic N) is 3. The minimum Gasteiger partial charge on any atom is -0.431 e. The number of carbonyl (C=O) groups excluding carboxylic acids is 1. The molecule has 15 heteroatoms. The van der Waals surface area contributed by atoms with E-state index in [4.69, 9.17) is 30.3 Å². The molecule has 1 unspecified atom stereocenters. The highest BCUT2D eigenvalue weighted by Crippen LogP contribution is 2.44. The SMILES string of the molecule is C[C@H](NP(=O)(COC[C@H]1O[C@@H](n2ccc3c(NC4CCCC4)nc(Cl)nc32)[C@H](O)[C@@H]1O)Oc1ccccc1)C(=O)Oc1ccccc1. The standard InChI is InChI=1S/C32H37ClN5O8P/c1-20(31(41)44-22-12-4-2-5-13-22)37-47(42,46-23-14-6-3-7-15-23)19-43-18-25-26(39)27(40)30(45-25)38-17-16-24-28(34-21-10-8-9-11-21)35-32(33)36-29(24)38/h2-7,12-17,20-21,25-27,30,39-40H,8-11,18-19H2,1H3,(H,37,42)(H,34,35,36)/t20-,25+,26+,27+,30+,47?/m0/s1. The summed E-state index contributed by atoms with van der Waals surface area (Å²) < 4.78 is 38.6. The first-order chi connectivity index (χ1) is 22.7. The number of carbonyl (C=O) groups is 1. The molecule has 2 aromatic carbocycles. The summed E-state index contributed by atoms with van der Waals surface area (Å²) in [5, 5.41) is 28.8. The quantitative estimate of drug-likeness (QED) is 0.0653. The Hall–Kier alpha value is -3.55. The van der Waals surface area contributed by atoms with Gasteiger partial charge in [0.2, 0.25) is 5.28 Å². The molecule has 250 valence electrons. The molecule has 4 N–H and O–H groups in total. The summed E-state index contributed by atoms with van der Waals surface area (Å²) in [4.78, 5) is 21.5. The second-order valence-electron chi connectivity index (χ2n) is 11.6. The number of aliphatic hydroxyl groups is 2. The summed E-state index contributed by atoms with van der Waals surface area (Å²) in [6.45, 7) is 1.26. The fourth-order valence-corrected chi connectivity index (χ4v) is 7.60. The van der Waals surface area contributed by atoms with Crippen LogP contribution in [-0.2, 0) is 18.8 Å². The van der Waals surface area contributed by atoms with Gasteiger partial charge in [-0.05, 0) is 61.7 Å². The van der Waals surface area contributed by atoms with Crippen LogP contribution in [0.4, 0.5) is 5.82 Å². The van der Waals surface area contributed by atoms with E-state index in [0.29, 0.717) is 28.4 Å². The molecular formula is C32H37ClN5O8P. The fourth-order valence-electron chi connectivity index (χ4n) is 5.75. The molecule has 6 atom stereocenters. The van der Waals surface area contributed by atoms with Crippen LogP contribution in [0, 0.1) is 0 Å². The molecule has 1 saturated carbocycles. The molecule has 1 aliphatic heterocycles. The largest absolute Gasteiger partial charge is 0.431 e. The number of halogens is 1. The van der Waals surface area contributed by atoms with Crippen molar-refractivity contribution in [2.24, 2.45) is 0 Å². The van der Waals surface area contributed by atoms with E-state index in [1.165, 1.54) is 6.92 Å². The van der Waals surface area contributed by atoms with Crippen LogP contribution in [0.15, 0.2) is 72.9 Å². The Kier molecular flexibility index (Phi) is 10.4. The van der Waals surface area contributed by atoms with E-state index in [1.807, 2.05) is 6.07 Å². The molecule has 2 aromatic heterocycles. The molecule has 1 saturated heterocycles. The molecule has 0 amide bonds. The summed E-state index contributed by atoms with van der Waals surface area (Å²) in [6.07, 6.45) is 0.901. The van der Waals surface area contributed by atoms with Gasteiger partial charge in [0.25, 0.3) is 0 Å². The number of aliphatic hydroxyl groups excluding tert-OH is 2. The predicted octanol–water partition coefficient (Wildman–Crippen LogP) is 4.89. The Morgan fingerprint density at radius 2 is 1.72 bits per heavy atom. The number of anilines is 1.